The molecule has 0 aromatic carbocycles. The predicted octanol–water partition coefficient (Wildman–Crippen LogP) is 0.959. The minimum atomic E-state index is -0.837. The van der Waals surface area contributed by atoms with E-state index in [0.717, 1.165) is 12.1 Å². The summed E-state index contributed by atoms with van der Waals surface area (Å²) >= 11 is 0. The van der Waals surface area contributed by atoms with Crippen molar-refractivity contribution in [2.75, 3.05) is 39.4 Å². The molecule has 1 aromatic heterocycles. The number of carboxylic acid groups (broad SMARTS) is 1. The first-order valence-electron chi connectivity index (χ1n) is 9.77. The Morgan fingerprint density at radius 1 is 1.30 bits per heavy atom. The zero-order chi connectivity index (χ0) is 19.6. The molecule has 2 fully saturated rings. The molecule has 150 valence electrons. The van der Waals surface area contributed by atoms with E-state index < -0.39 is 5.97 Å². The Morgan fingerprint density at radius 3 is 2.74 bits per heavy atom. The zero-order valence-corrected chi connectivity index (χ0v) is 16.4. The molecule has 0 aliphatic carbocycles. The van der Waals surface area contributed by atoms with Gasteiger partial charge in [-0.1, -0.05) is 13.8 Å². The van der Waals surface area contributed by atoms with Gasteiger partial charge in [-0.2, -0.15) is 5.10 Å². The molecule has 3 rings (SSSR count). The number of aryl methyl sites for hydroxylation is 1. The van der Waals surface area contributed by atoms with Crippen LogP contribution in [0.2, 0.25) is 0 Å². The summed E-state index contributed by atoms with van der Waals surface area (Å²) in [7, 11) is 0. The van der Waals surface area contributed by atoms with E-state index in [-0.39, 0.29) is 24.4 Å². The molecule has 0 saturated carbocycles. The molecule has 2 bridgehead atoms. The number of carbonyl (C=O) groups is 2. The molecule has 27 heavy (non-hydrogen) atoms. The number of hydrogen-bond acceptors (Lipinski definition) is 5. The predicted molar refractivity (Wildman–Crippen MR) is 99.7 cm³/mol. The van der Waals surface area contributed by atoms with Crippen LogP contribution in [-0.2, 0) is 22.5 Å². The third kappa shape index (κ3) is 4.68. The third-order valence-electron chi connectivity index (χ3n) is 5.13. The van der Waals surface area contributed by atoms with Crippen LogP contribution in [0.4, 0.5) is 0 Å². The van der Waals surface area contributed by atoms with E-state index in [4.69, 9.17) is 9.84 Å². The minimum absolute atomic E-state index is 0.000456. The smallest absolute Gasteiger partial charge is 0.317 e. The van der Waals surface area contributed by atoms with E-state index in [1.54, 1.807) is 4.68 Å². The Hall–Kier alpha value is -1.93. The average molecular weight is 378 g/mol. The van der Waals surface area contributed by atoms with E-state index in [1.165, 1.54) is 0 Å². The van der Waals surface area contributed by atoms with E-state index in [1.807, 2.05) is 22.8 Å². The standard InChI is InChI=1S/C19H30N4O4/c1-4-23-17(6-15(20-23)5-13(2)3)19(26)22-8-14-7-21(10-18(24)25)9-16(22)12-27-11-14/h6,13-14,16H,4-5,7-12H2,1-3H3,(H,24,25)/t14-,16-/m0/s1. The van der Waals surface area contributed by atoms with Crippen molar-refractivity contribution in [1.82, 2.24) is 19.6 Å². The van der Waals surface area contributed by atoms with Crippen LogP contribution in [0.5, 0.6) is 0 Å². The molecule has 2 saturated heterocycles. The van der Waals surface area contributed by atoms with Gasteiger partial charge in [-0.05, 0) is 25.3 Å². The first-order valence-corrected chi connectivity index (χ1v) is 9.77. The van der Waals surface area contributed by atoms with Gasteiger partial charge in [0.15, 0.2) is 0 Å². The van der Waals surface area contributed by atoms with Crippen LogP contribution in [0.1, 0.15) is 37.0 Å². The van der Waals surface area contributed by atoms with E-state index in [2.05, 4.69) is 18.9 Å². The normalized spacial score (nSPS) is 23.5. The zero-order valence-electron chi connectivity index (χ0n) is 16.4. The molecule has 2 aliphatic rings. The van der Waals surface area contributed by atoms with Crippen molar-refractivity contribution >= 4 is 11.9 Å². The second kappa shape index (κ2) is 8.39. The second-order valence-corrected chi connectivity index (χ2v) is 8.04. The Balaban J connectivity index is 1.83. The van der Waals surface area contributed by atoms with Crippen molar-refractivity contribution in [2.45, 2.75) is 39.8 Å². The lowest BCUT2D eigenvalue weighted by Crippen LogP contribution is -2.47. The molecule has 3 heterocycles. The van der Waals surface area contributed by atoms with Gasteiger partial charge in [-0.3, -0.25) is 19.2 Å². The SMILES string of the molecule is CCn1nc(CC(C)C)cc1C(=O)N1C[C@H]2COC[C@@H]1CN(CC(=O)O)C2. The second-order valence-electron chi connectivity index (χ2n) is 8.04. The van der Waals surface area contributed by atoms with Gasteiger partial charge in [-0.15, -0.1) is 0 Å². The lowest BCUT2D eigenvalue weighted by molar-refractivity contribution is -0.138. The number of fused-ring (bicyclic) bond motifs is 3. The Bertz CT molecular complexity index is 687. The van der Waals surface area contributed by atoms with Gasteiger partial charge < -0.3 is 14.7 Å². The van der Waals surface area contributed by atoms with E-state index in [0.29, 0.717) is 51.0 Å². The summed E-state index contributed by atoms with van der Waals surface area (Å²) in [6.45, 7) is 9.65. The van der Waals surface area contributed by atoms with Crippen LogP contribution in [0.3, 0.4) is 0 Å². The quantitative estimate of drug-likeness (QED) is 0.793. The molecule has 0 radical (unpaired) electrons. The third-order valence-corrected chi connectivity index (χ3v) is 5.13. The maximum atomic E-state index is 13.4. The summed E-state index contributed by atoms with van der Waals surface area (Å²) in [6, 6.07) is 1.77. The summed E-state index contributed by atoms with van der Waals surface area (Å²) < 4.78 is 7.54. The fourth-order valence-corrected chi connectivity index (χ4v) is 4.06. The number of ether oxygens (including phenoxy) is 1. The van der Waals surface area contributed by atoms with Crippen molar-refractivity contribution in [3.05, 3.63) is 17.5 Å². The van der Waals surface area contributed by atoms with Crippen LogP contribution in [0, 0.1) is 11.8 Å². The molecule has 0 unspecified atom stereocenters. The van der Waals surface area contributed by atoms with Gasteiger partial charge in [0.05, 0.1) is 31.5 Å². The van der Waals surface area contributed by atoms with Crippen molar-refractivity contribution in [1.29, 1.82) is 0 Å². The molecular weight excluding hydrogens is 348 g/mol. The maximum Gasteiger partial charge on any atom is 0.317 e. The van der Waals surface area contributed by atoms with Gasteiger partial charge in [0.2, 0.25) is 0 Å². The molecule has 0 spiro atoms. The van der Waals surface area contributed by atoms with Crippen molar-refractivity contribution in [3.63, 3.8) is 0 Å². The van der Waals surface area contributed by atoms with Crippen LogP contribution in [0.25, 0.3) is 0 Å². The fourth-order valence-electron chi connectivity index (χ4n) is 4.06. The molecule has 1 aromatic rings. The Kier molecular flexibility index (Phi) is 6.16. The number of carbonyl (C=O) groups excluding carboxylic acids is 1. The lowest BCUT2D eigenvalue weighted by atomic mass is 10.1. The Labute approximate surface area is 160 Å². The van der Waals surface area contributed by atoms with Crippen LogP contribution in [0.15, 0.2) is 6.07 Å². The Morgan fingerprint density at radius 2 is 2.07 bits per heavy atom. The van der Waals surface area contributed by atoms with Crippen molar-refractivity contribution in [2.24, 2.45) is 11.8 Å². The highest BCUT2D eigenvalue weighted by Gasteiger charge is 2.37. The van der Waals surface area contributed by atoms with E-state index >= 15 is 0 Å². The maximum absolute atomic E-state index is 13.4. The van der Waals surface area contributed by atoms with Gasteiger partial charge in [0.1, 0.15) is 5.69 Å². The van der Waals surface area contributed by atoms with E-state index in [9.17, 15) is 9.59 Å². The lowest BCUT2D eigenvalue weighted by Gasteiger charge is -2.30. The molecule has 1 amide bonds. The number of rotatable bonds is 6. The van der Waals surface area contributed by atoms with Crippen molar-refractivity contribution in [3.8, 4) is 0 Å². The topological polar surface area (TPSA) is 87.9 Å². The van der Waals surface area contributed by atoms with Gasteiger partial charge in [0.25, 0.3) is 5.91 Å². The monoisotopic (exact) mass is 378 g/mol. The number of aromatic nitrogens is 2. The summed E-state index contributed by atoms with van der Waals surface area (Å²) in [5.74, 6) is -0.273. The molecular formula is C19H30N4O4. The molecule has 8 heteroatoms. The molecule has 8 nitrogen and oxygen atoms in total. The summed E-state index contributed by atoms with van der Waals surface area (Å²) in [6.07, 6.45) is 0.842. The number of hydrogen-bond donors (Lipinski definition) is 1. The molecule has 2 atom stereocenters. The summed E-state index contributed by atoms with van der Waals surface area (Å²) in [5.41, 5.74) is 1.56. The van der Waals surface area contributed by atoms with Gasteiger partial charge in [0, 0.05) is 32.1 Å². The fraction of sp³-hybridized carbons (Fsp3) is 0.737. The van der Waals surface area contributed by atoms with Crippen molar-refractivity contribution < 1.29 is 19.4 Å². The van der Waals surface area contributed by atoms with Crippen LogP contribution >= 0.6 is 0 Å². The van der Waals surface area contributed by atoms with Crippen LogP contribution in [-0.4, -0.2) is 82.0 Å². The first-order chi connectivity index (χ1) is 12.9. The number of aliphatic carboxylic acids is 1. The number of nitrogens with zero attached hydrogens (tertiary/aromatic N) is 4. The van der Waals surface area contributed by atoms with Gasteiger partial charge in [-0.25, -0.2) is 0 Å². The summed E-state index contributed by atoms with van der Waals surface area (Å²) in [4.78, 5) is 28.3. The number of carboxylic acids is 1. The highest BCUT2D eigenvalue weighted by Crippen LogP contribution is 2.22. The highest BCUT2D eigenvalue weighted by molar-refractivity contribution is 5.93. The highest BCUT2D eigenvalue weighted by atomic mass is 16.5. The number of amides is 1. The largest absolute Gasteiger partial charge is 0.480 e. The average Bonchev–Trinajstić information content (AvgIpc) is 2.75. The molecule has 1 N–H and O–H groups in total. The summed E-state index contributed by atoms with van der Waals surface area (Å²) in [5, 5.41) is 13.7. The van der Waals surface area contributed by atoms with Gasteiger partial charge >= 0.3 is 5.97 Å². The minimum Gasteiger partial charge on any atom is -0.480 e. The molecule has 2 aliphatic heterocycles. The van der Waals surface area contributed by atoms with Crippen LogP contribution < -0.4 is 0 Å². The first kappa shape index (κ1) is 19.8.